The molecule has 0 bridgehead atoms. The van der Waals surface area contributed by atoms with Crippen molar-refractivity contribution in [3.63, 3.8) is 0 Å². The fourth-order valence-corrected chi connectivity index (χ4v) is 9.47. The van der Waals surface area contributed by atoms with E-state index in [-0.39, 0.29) is 19.1 Å². The van der Waals surface area contributed by atoms with Crippen LogP contribution in [0.5, 0.6) is 0 Å². The van der Waals surface area contributed by atoms with Crippen LogP contribution in [0.15, 0.2) is 12.2 Å². The SMILES string of the molecule is CCCCCCCCCCCCCC/C=C/[C@@H](O)[C@H](COP(=O)([O-])OCC[N+](C)(C)C)NC(=O)CCCCCCCCCCCCCCCCCCCCCCCCCCCCCCC. The number of allylic oxidation sites excluding steroid dienone is 1. The summed E-state index contributed by atoms with van der Waals surface area (Å²) in [5, 5.41) is 13.9. The van der Waals surface area contributed by atoms with E-state index in [0.717, 1.165) is 38.5 Å². The van der Waals surface area contributed by atoms with E-state index in [1.807, 2.05) is 27.2 Å². The Labute approximate surface area is 405 Å². The van der Waals surface area contributed by atoms with E-state index in [4.69, 9.17) is 9.05 Å². The third-order valence-corrected chi connectivity index (χ3v) is 14.2. The quantitative estimate of drug-likeness (QED) is 0.0272. The van der Waals surface area contributed by atoms with Crippen LogP contribution in [0.3, 0.4) is 0 Å². The summed E-state index contributed by atoms with van der Waals surface area (Å²) < 4.78 is 23.3. The maximum atomic E-state index is 12.9. The lowest BCUT2D eigenvalue weighted by molar-refractivity contribution is -0.870. The van der Waals surface area contributed by atoms with E-state index in [2.05, 4.69) is 19.2 Å². The van der Waals surface area contributed by atoms with Crippen LogP contribution >= 0.6 is 7.82 Å². The van der Waals surface area contributed by atoms with Gasteiger partial charge in [-0.2, -0.15) is 0 Å². The summed E-state index contributed by atoms with van der Waals surface area (Å²) in [4.78, 5) is 25.4. The molecule has 0 spiro atoms. The molecule has 388 valence electrons. The lowest BCUT2D eigenvalue weighted by Crippen LogP contribution is -2.45. The van der Waals surface area contributed by atoms with Crippen molar-refractivity contribution in [2.75, 3.05) is 40.9 Å². The van der Waals surface area contributed by atoms with Gasteiger partial charge in [0.05, 0.1) is 39.9 Å². The van der Waals surface area contributed by atoms with Crippen molar-refractivity contribution in [1.82, 2.24) is 5.32 Å². The van der Waals surface area contributed by atoms with Crippen LogP contribution < -0.4 is 10.2 Å². The molecule has 0 aromatic rings. The molecule has 0 aliphatic heterocycles. The van der Waals surface area contributed by atoms with E-state index in [9.17, 15) is 19.4 Å². The molecule has 2 N–H and O–H groups in total. The molecular formula is C56H113N2O6P. The minimum absolute atomic E-state index is 0.00246. The zero-order valence-electron chi connectivity index (χ0n) is 44.2. The van der Waals surface area contributed by atoms with Gasteiger partial charge in [0.15, 0.2) is 0 Å². The number of likely N-dealkylation sites (N-methyl/N-ethyl adjacent to an activating group) is 1. The van der Waals surface area contributed by atoms with Gasteiger partial charge in [-0.3, -0.25) is 9.36 Å². The summed E-state index contributed by atoms with van der Waals surface area (Å²) in [5.41, 5.74) is 0. The summed E-state index contributed by atoms with van der Waals surface area (Å²) in [6, 6.07) is -0.881. The largest absolute Gasteiger partial charge is 0.756 e. The summed E-state index contributed by atoms with van der Waals surface area (Å²) >= 11 is 0. The number of hydrogen-bond acceptors (Lipinski definition) is 6. The molecule has 1 unspecified atom stereocenters. The van der Waals surface area contributed by atoms with Crippen LogP contribution in [0.2, 0.25) is 0 Å². The van der Waals surface area contributed by atoms with Gasteiger partial charge in [0.2, 0.25) is 5.91 Å². The van der Waals surface area contributed by atoms with E-state index in [1.54, 1.807) is 6.08 Å². The predicted octanol–water partition coefficient (Wildman–Crippen LogP) is 16.4. The number of nitrogens with one attached hydrogen (secondary N) is 1. The molecule has 9 heteroatoms. The third kappa shape index (κ3) is 50.9. The van der Waals surface area contributed by atoms with E-state index < -0.39 is 20.0 Å². The van der Waals surface area contributed by atoms with Crippen molar-refractivity contribution in [2.24, 2.45) is 0 Å². The number of hydrogen-bond donors (Lipinski definition) is 2. The molecule has 0 aromatic heterocycles. The van der Waals surface area contributed by atoms with Gasteiger partial charge in [-0.25, -0.2) is 0 Å². The second-order valence-corrected chi connectivity index (χ2v) is 22.4. The molecule has 1 amide bonds. The zero-order valence-corrected chi connectivity index (χ0v) is 45.1. The first-order chi connectivity index (χ1) is 31.5. The van der Waals surface area contributed by atoms with Crippen LogP contribution in [0.25, 0.3) is 0 Å². The molecule has 0 aliphatic rings. The van der Waals surface area contributed by atoms with Crippen molar-refractivity contribution in [3.05, 3.63) is 12.2 Å². The first-order valence-corrected chi connectivity index (χ1v) is 30.0. The average molecular weight is 942 g/mol. The van der Waals surface area contributed by atoms with Gasteiger partial charge in [0.25, 0.3) is 7.82 Å². The fraction of sp³-hybridized carbons (Fsp3) is 0.946. The summed E-state index contributed by atoms with van der Waals surface area (Å²) in [7, 11) is 1.28. The number of quaternary nitrogens is 1. The molecule has 0 aliphatic carbocycles. The monoisotopic (exact) mass is 941 g/mol. The van der Waals surface area contributed by atoms with Gasteiger partial charge < -0.3 is 28.8 Å². The lowest BCUT2D eigenvalue weighted by Gasteiger charge is -2.29. The maximum Gasteiger partial charge on any atom is 0.268 e. The van der Waals surface area contributed by atoms with Gasteiger partial charge >= 0.3 is 0 Å². The van der Waals surface area contributed by atoms with Crippen molar-refractivity contribution >= 4 is 13.7 Å². The van der Waals surface area contributed by atoms with E-state index >= 15 is 0 Å². The molecule has 0 heterocycles. The molecule has 0 saturated carbocycles. The molecule has 0 saturated heterocycles. The highest BCUT2D eigenvalue weighted by Gasteiger charge is 2.23. The molecule has 0 aromatic carbocycles. The third-order valence-electron chi connectivity index (χ3n) is 13.2. The number of unbranched alkanes of at least 4 members (excludes halogenated alkanes) is 40. The Morgan fingerprint density at radius 2 is 0.831 bits per heavy atom. The van der Waals surface area contributed by atoms with Crippen LogP contribution in [-0.4, -0.2) is 68.5 Å². The molecular weight excluding hydrogens is 828 g/mol. The Kier molecular flexibility index (Phi) is 47.7. The Bertz CT molecular complexity index is 1070. The van der Waals surface area contributed by atoms with Gasteiger partial charge in [0, 0.05) is 6.42 Å². The first-order valence-electron chi connectivity index (χ1n) is 28.6. The number of rotatable bonds is 53. The lowest BCUT2D eigenvalue weighted by atomic mass is 10.0. The fourth-order valence-electron chi connectivity index (χ4n) is 8.74. The summed E-state index contributed by atoms with van der Waals surface area (Å²) in [6.07, 6.45) is 58.7. The molecule has 8 nitrogen and oxygen atoms in total. The normalized spacial score (nSPS) is 14.0. The van der Waals surface area contributed by atoms with E-state index in [0.29, 0.717) is 17.4 Å². The molecule has 0 rings (SSSR count). The number of aliphatic hydroxyl groups is 1. The van der Waals surface area contributed by atoms with Crippen molar-refractivity contribution in [3.8, 4) is 0 Å². The highest BCUT2D eigenvalue weighted by Crippen LogP contribution is 2.38. The Balaban J connectivity index is 4.05. The number of carbonyl (C=O) groups excluding carboxylic acids is 1. The van der Waals surface area contributed by atoms with Crippen molar-refractivity contribution in [2.45, 2.75) is 302 Å². The van der Waals surface area contributed by atoms with Crippen LogP contribution in [0.1, 0.15) is 290 Å². The van der Waals surface area contributed by atoms with Crippen LogP contribution in [0.4, 0.5) is 0 Å². The van der Waals surface area contributed by atoms with Crippen molar-refractivity contribution < 1.29 is 32.9 Å². The minimum Gasteiger partial charge on any atom is -0.756 e. The predicted molar refractivity (Wildman–Crippen MR) is 279 cm³/mol. The first kappa shape index (κ1) is 64.2. The Hall–Kier alpha value is -0.760. The zero-order chi connectivity index (χ0) is 47.8. The smallest absolute Gasteiger partial charge is 0.268 e. The highest BCUT2D eigenvalue weighted by molar-refractivity contribution is 7.45. The number of nitrogens with zero attached hydrogens (tertiary/aromatic N) is 1. The van der Waals surface area contributed by atoms with Crippen LogP contribution in [0, 0.1) is 0 Å². The Morgan fingerprint density at radius 3 is 1.15 bits per heavy atom. The van der Waals surface area contributed by atoms with Crippen molar-refractivity contribution in [1.29, 1.82) is 0 Å². The number of carbonyl (C=O) groups is 1. The topological polar surface area (TPSA) is 108 Å². The molecule has 0 radical (unpaired) electrons. The number of phosphoric ester groups is 1. The Morgan fingerprint density at radius 1 is 0.523 bits per heavy atom. The number of amides is 1. The summed E-state index contributed by atoms with van der Waals surface area (Å²) in [6.45, 7) is 4.69. The number of aliphatic hydroxyl groups excluding tert-OH is 1. The second-order valence-electron chi connectivity index (χ2n) is 21.0. The van der Waals surface area contributed by atoms with Gasteiger partial charge in [-0.05, 0) is 19.3 Å². The van der Waals surface area contributed by atoms with Gasteiger partial charge in [-0.1, -0.05) is 276 Å². The second kappa shape index (κ2) is 48.3. The van der Waals surface area contributed by atoms with Gasteiger partial charge in [0.1, 0.15) is 13.2 Å². The summed E-state index contributed by atoms with van der Waals surface area (Å²) in [5.74, 6) is -0.191. The molecule has 65 heavy (non-hydrogen) atoms. The van der Waals surface area contributed by atoms with Gasteiger partial charge in [-0.15, -0.1) is 0 Å². The minimum atomic E-state index is -4.59. The highest BCUT2D eigenvalue weighted by atomic mass is 31.2. The standard InChI is InChI=1S/C56H113N2O6P/c1-6-8-10-12-14-16-18-20-22-23-24-25-26-27-28-29-30-31-32-33-34-35-36-38-40-42-44-46-48-50-56(60)57-54(53-64-65(61,62)63-52-51-58(3,4)5)55(59)49-47-45-43-41-39-37-21-19-17-15-13-11-9-7-2/h47,49,54-55,59H,6-46,48,50-53H2,1-5H3,(H-,57,60,61,62)/b49-47+/t54-,55+/m0/s1. The molecule has 0 fully saturated rings. The van der Waals surface area contributed by atoms with E-state index in [1.165, 1.54) is 231 Å². The van der Waals surface area contributed by atoms with Crippen LogP contribution in [-0.2, 0) is 18.4 Å². The maximum absolute atomic E-state index is 12.9. The molecule has 3 atom stereocenters. The average Bonchev–Trinajstić information content (AvgIpc) is 3.26. The number of phosphoric acid groups is 1.